The molecule has 1 atom stereocenters. The third-order valence-electron chi connectivity index (χ3n) is 3.98. The van der Waals surface area contributed by atoms with Gasteiger partial charge >= 0.3 is 0 Å². The van der Waals surface area contributed by atoms with Gasteiger partial charge in [0.15, 0.2) is 0 Å². The van der Waals surface area contributed by atoms with Crippen molar-refractivity contribution < 1.29 is 14.3 Å². The highest BCUT2D eigenvalue weighted by Gasteiger charge is 2.20. The number of rotatable bonds is 3. The summed E-state index contributed by atoms with van der Waals surface area (Å²) in [4.78, 5) is 25.3. The molecular weight excluding hydrogens is 296 g/mol. The van der Waals surface area contributed by atoms with Crippen LogP contribution in [0.2, 0.25) is 0 Å². The zero-order chi connectivity index (χ0) is 16.2. The molecule has 23 heavy (non-hydrogen) atoms. The highest BCUT2D eigenvalue weighted by Crippen LogP contribution is 2.23. The Balaban J connectivity index is 1.61. The predicted octanol–water partition coefficient (Wildman–Crippen LogP) is 0.894. The quantitative estimate of drug-likeness (QED) is 0.868. The normalized spacial score (nSPS) is 22.2. The predicted molar refractivity (Wildman–Crippen MR) is 86.1 cm³/mol. The molecule has 3 rings (SSSR count). The van der Waals surface area contributed by atoms with E-state index in [1.165, 1.54) is 0 Å². The summed E-state index contributed by atoms with van der Waals surface area (Å²) in [7, 11) is 2.08. The van der Waals surface area contributed by atoms with Gasteiger partial charge < -0.3 is 15.0 Å². The maximum atomic E-state index is 12.1. The van der Waals surface area contributed by atoms with Crippen LogP contribution in [0.1, 0.15) is 24.5 Å². The van der Waals surface area contributed by atoms with Gasteiger partial charge in [0.25, 0.3) is 5.91 Å². The van der Waals surface area contributed by atoms with Crippen LogP contribution in [0.5, 0.6) is 0 Å². The molecule has 7 nitrogen and oxygen atoms in total. The number of benzene rings is 1. The second-order valence-corrected chi connectivity index (χ2v) is 5.79. The molecule has 0 bridgehead atoms. The fourth-order valence-electron chi connectivity index (χ4n) is 2.60. The lowest BCUT2D eigenvalue weighted by Gasteiger charge is -2.30. The molecule has 2 amide bonds. The summed E-state index contributed by atoms with van der Waals surface area (Å²) in [6, 6.07) is 7.63. The van der Waals surface area contributed by atoms with Crippen LogP contribution < -0.4 is 10.7 Å². The van der Waals surface area contributed by atoms with Gasteiger partial charge in [-0.25, -0.2) is 5.43 Å². The lowest BCUT2D eigenvalue weighted by Crippen LogP contribution is -2.35. The minimum Gasteiger partial charge on any atom is -0.371 e. The molecule has 1 saturated heterocycles. The molecule has 0 aliphatic carbocycles. The van der Waals surface area contributed by atoms with E-state index < -0.39 is 0 Å². The number of anilines is 1. The molecule has 2 aliphatic heterocycles. The van der Waals surface area contributed by atoms with Crippen LogP contribution in [0.3, 0.4) is 0 Å². The fraction of sp³-hybridized carbons (Fsp3) is 0.438. The Kier molecular flexibility index (Phi) is 4.68. The van der Waals surface area contributed by atoms with Gasteiger partial charge in [-0.15, -0.1) is 0 Å². The number of likely N-dealkylation sites (N-methyl/N-ethyl adjacent to an activating group) is 1. The zero-order valence-corrected chi connectivity index (χ0v) is 13.0. The summed E-state index contributed by atoms with van der Waals surface area (Å²) < 4.78 is 5.77. The summed E-state index contributed by atoms with van der Waals surface area (Å²) in [5.41, 5.74) is 4.45. The van der Waals surface area contributed by atoms with Gasteiger partial charge in [-0.3, -0.25) is 9.59 Å². The molecule has 2 aliphatic rings. The fourth-order valence-corrected chi connectivity index (χ4v) is 2.60. The number of carbonyl (C=O) groups excluding carboxylic acids is 2. The van der Waals surface area contributed by atoms with E-state index in [0.717, 1.165) is 25.3 Å². The minimum absolute atomic E-state index is 0.0661. The van der Waals surface area contributed by atoms with E-state index in [1.54, 1.807) is 0 Å². The topological polar surface area (TPSA) is 83.0 Å². The number of hydrogen-bond acceptors (Lipinski definition) is 5. The average molecular weight is 316 g/mol. The molecule has 122 valence electrons. The van der Waals surface area contributed by atoms with Crippen LogP contribution in [0, 0.1) is 0 Å². The second kappa shape index (κ2) is 6.89. The molecule has 0 radical (unpaired) electrons. The maximum absolute atomic E-state index is 12.1. The summed E-state index contributed by atoms with van der Waals surface area (Å²) >= 11 is 0. The van der Waals surface area contributed by atoms with Crippen LogP contribution in [0.4, 0.5) is 5.69 Å². The number of amides is 2. The van der Waals surface area contributed by atoms with Crippen molar-refractivity contribution in [2.45, 2.75) is 18.9 Å². The number of morpholine rings is 1. The van der Waals surface area contributed by atoms with Gasteiger partial charge in [-0.2, -0.15) is 5.10 Å². The van der Waals surface area contributed by atoms with Gasteiger partial charge in [0.1, 0.15) is 5.71 Å². The Morgan fingerprint density at radius 1 is 1.35 bits per heavy atom. The molecule has 1 fully saturated rings. The van der Waals surface area contributed by atoms with Gasteiger partial charge in [-0.05, 0) is 24.7 Å². The second-order valence-electron chi connectivity index (χ2n) is 5.79. The summed E-state index contributed by atoms with van der Waals surface area (Å²) in [6.45, 7) is 2.54. The van der Waals surface area contributed by atoms with E-state index in [-0.39, 0.29) is 24.3 Å². The number of ether oxygens (including phenoxy) is 1. The Morgan fingerprint density at radius 2 is 2.13 bits per heavy atom. The minimum atomic E-state index is -0.286. The molecule has 7 heteroatoms. The van der Waals surface area contributed by atoms with Crippen molar-refractivity contribution in [2.75, 3.05) is 32.1 Å². The molecule has 0 aromatic heterocycles. The van der Waals surface area contributed by atoms with Gasteiger partial charge in [-0.1, -0.05) is 12.1 Å². The third kappa shape index (κ3) is 3.94. The van der Waals surface area contributed by atoms with Crippen molar-refractivity contribution in [1.82, 2.24) is 10.3 Å². The van der Waals surface area contributed by atoms with Crippen LogP contribution in [0.15, 0.2) is 29.4 Å². The number of carbonyl (C=O) groups is 2. The van der Waals surface area contributed by atoms with Crippen LogP contribution in [-0.2, 0) is 14.3 Å². The van der Waals surface area contributed by atoms with E-state index >= 15 is 0 Å². The smallest absolute Gasteiger partial charge is 0.271 e. The molecule has 2 heterocycles. The molecule has 1 unspecified atom stereocenters. The standard InChI is InChI=1S/C16H20N4O3/c1-20-8-9-23-14(10-20)11-2-4-12(5-3-11)17-16(22)13-6-7-15(21)19-18-13/h2-5,14H,6-10H2,1H3,(H,17,22)(H,19,21). The van der Waals surface area contributed by atoms with E-state index in [2.05, 4.69) is 27.8 Å². The SMILES string of the molecule is CN1CCOC(c2ccc(NC(=O)C3=NNC(=O)CC3)cc2)C1. The first-order valence-electron chi connectivity index (χ1n) is 7.68. The van der Waals surface area contributed by atoms with Crippen molar-refractivity contribution in [3.05, 3.63) is 29.8 Å². The van der Waals surface area contributed by atoms with Crippen LogP contribution in [0.25, 0.3) is 0 Å². The van der Waals surface area contributed by atoms with Crippen LogP contribution >= 0.6 is 0 Å². The molecular formula is C16H20N4O3. The molecule has 1 aromatic rings. The van der Waals surface area contributed by atoms with Gasteiger partial charge in [0.05, 0.1) is 12.7 Å². The summed E-state index contributed by atoms with van der Waals surface area (Å²) in [5, 5.41) is 6.58. The monoisotopic (exact) mass is 316 g/mol. The van der Waals surface area contributed by atoms with Gasteiger partial charge in [0, 0.05) is 31.6 Å². The summed E-state index contributed by atoms with van der Waals surface area (Å²) in [5.74, 6) is -0.449. The molecule has 2 N–H and O–H groups in total. The summed E-state index contributed by atoms with van der Waals surface area (Å²) in [6.07, 6.45) is 0.715. The van der Waals surface area contributed by atoms with E-state index in [1.807, 2.05) is 24.3 Å². The first kappa shape index (κ1) is 15.6. The van der Waals surface area contributed by atoms with E-state index in [0.29, 0.717) is 17.8 Å². The van der Waals surface area contributed by atoms with Gasteiger partial charge in [0.2, 0.25) is 5.91 Å². The van der Waals surface area contributed by atoms with Crippen molar-refractivity contribution >= 4 is 23.2 Å². The van der Waals surface area contributed by atoms with Crippen molar-refractivity contribution in [3.8, 4) is 0 Å². The Labute approximate surface area is 134 Å². The first-order chi connectivity index (χ1) is 11.1. The third-order valence-corrected chi connectivity index (χ3v) is 3.98. The lowest BCUT2D eigenvalue weighted by atomic mass is 10.1. The largest absolute Gasteiger partial charge is 0.371 e. The van der Waals surface area contributed by atoms with E-state index in [9.17, 15) is 9.59 Å². The molecule has 0 saturated carbocycles. The van der Waals surface area contributed by atoms with Crippen molar-refractivity contribution in [1.29, 1.82) is 0 Å². The Hall–Kier alpha value is -2.25. The number of hydrazone groups is 1. The van der Waals surface area contributed by atoms with E-state index in [4.69, 9.17) is 4.74 Å². The zero-order valence-electron chi connectivity index (χ0n) is 13.0. The lowest BCUT2D eigenvalue weighted by molar-refractivity contribution is -0.121. The number of hydrogen-bond donors (Lipinski definition) is 2. The van der Waals surface area contributed by atoms with Crippen LogP contribution in [-0.4, -0.2) is 49.2 Å². The Bertz CT molecular complexity index is 627. The highest BCUT2D eigenvalue weighted by molar-refractivity contribution is 6.43. The first-order valence-corrected chi connectivity index (χ1v) is 7.68. The highest BCUT2D eigenvalue weighted by atomic mass is 16.5. The van der Waals surface area contributed by atoms with Crippen molar-refractivity contribution in [2.24, 2.45) is 5.10 Å². The number of nitrogens with one attached hydrogen (secondary N) is 2. The maximum Gasteiger partial charge on any atom is 0.271 e. The Morgan fingerprint density at radius 3 is 2.78 bits per heavy atom. The molecule has 1 aromatic carbocycles. The molecule has 0 spiro atoms. The number of nitrogens with zero attached hydrogens (tertiary/aromatic N) is 2. The average Bonchev–Trinajstić information content (AvgIpc) is 2.56. The van der Waals surface area contributed by atoms with Crippen molar-refractivity contribution in [3.63, 3.8) is 0 Å².